The van der Waals surface area contributed by atoms with E-state index in [0.717, 1.165) is 11.1 Å². The van der Waals surface area contributed by atoms with Crippen molar-refractivity contribution in [2.75, 3.05) is 7.05 Å². The molecular formula is C12H11N3O. The Morgan fingerprint density at radius 2 is 2.12 bits per heavy atom. The zero-order valence-corrected chi connectivity index (χ0v) is 8.84. The lowest BCUT2D eigenvalue weighted by Crippen LogP contribution is -2.19. The zero-order valence-electron chi connectivity index (χ0n) is 8.84. The van der Waals surface area contributed by atoms with Crippen molar-refractivity contribution in [1.82, 2.24) is 15.3 Å². The van der Waals surface area contributed by atoms with Crippen LogP contribution >= 0.6 is 0 Å². The Morgan fingerprint density at radius 3 is 2.81 bits per heavy atom. The van der Waals surface area contributed by atoms with Crippen molar-refractivity contribution in [3.8, 4) is 11.1 Å². The lowest BCUT2D eigenvalue weighted by atomic mass is 10.1. The molecular weight excluding hydrogens is 202 g/mol. The Balaban J connectivity index is 2.40. The van der Waals surface area contributed by atoms with Gasteiger partial charge in [0.1, 0.15) is 5.69 Å². The molecule has 0 aliphatic heterocycles. The maximum atomic E-state index is 11.4. The number of carbonyl (C=O) groups is 1. The summed E-state index contributed by atoms with van der Waals surface area (Å²) in [5.41, 5.74) is 2.31. The minimum atomic E-state index is -0.189. The maximum Gasteiger partial charge on any atom is 0.269 e. The largest absolute Gasteiger partial charge is 0.354 e. The molecule has 0 radical (unpaired) electrons. The van der Waals surface area contributed by atoms with Gasteiger partial charge < -0.3 is 5.32 Å². The van der Waals surface area contributed by atoms with Crippen molar-refractivity contribution in [3.05, 3.63) is 48.5 Å². The van der Waals surface area contributed by atoms with Crippen molar-refractivity contribution in [1.29, 1.82) is 0 Å². The van der Waals surface area contributed by atoms with Gasteiger partial charge in [0.25, 0.3) is 5.91 Å². The third kappa shape index (κ3) is 2.06. The number of nitrogens with one attached hydrogen (secondary N) is 1. The van der Waals surface area contributed by atoms with Crippen molar-refractivity contribution >= 4 is 5.91 Å². The SMILES string of the molecule is CNC(=O)c1cc(-c2cccnc2)ccn1. The number of hydrogen-bond donors (Lipinski definition) is 1. The quantitative estimate of drug-likeness (QED) is 0.822. The van der Waals surface area contributed by atoms with Gasteiger partial charge >= 0.3 is 0 Å². The first-order valence-corrected chi connectivity index (χ1v) is 4.90. The van der Waals surface area contributed by atoms with Crippen LogP contribution in [-0.4, -0.2) is 22.9 Å². The van der Waals surface area contributed by atoms with Crippen LogP contribution in [0.4, 0.5) is 0 Å². The topological polar surface area (TPSA) is 54.9 Å². The van der Waals surface area contributed by atoms with Gasteiger partial charge in [-0.1, -0.05) is 6.07 Å². The van der Waals surface area contributed by atoms with Crippen LogP contribution in [0.1, 0.15) is 10.5 Å². The molecule has 0 bridgehead atoms. The number of rotatable bonds is 2. The van der Waals surface area contributed by atoms with Gasteiger partial charge in [0.15, 0.2) is 0 Å². The van der Waals surface area contributed by atoms with Crippen molar-refractivity contribution in [2.45, 2.75) is 0 Å². The van der Waals surface area contributed by atoms with Crippen LogP contribution in [0.25, 0.3) is 11.1 Å². The van der Waals surface area contributed by atoms with Crippen LogP contribution in [0.15, 0.2) is 42.9 Å². The maximum absolute atomic E-state index is 11.4. The molecule has 16 heavy (non-hydrogen) atoms. The number of aromatic nitrogens is 2. The predicted molar refractivity (Wildman–Crippen MR) is 60.9 cm³/mol. The molecule has 4 nitrogen and oxygen atoms in total. The van der Waals surface area contributed by atoms with Crippen molar-refractivity contribution in [3.63, 3.8) is 0 Å². The van der Waals surface area contributed by atoms with Crippen LogP contribution in [0.5, 0.6) is 0 Å². The first kappa shape index (κ1) is 10.3. The van der Waals surface area contributed by atoms with E-state index in [1.165, 1.54) is 0 Å². The number of nitrogens with zero attached hydrogens (tertiary/aromatic N) is 2. The summed E-state index contributed by atoms with van der Waals surface area (Å²) in [5, 5.41) is 2.54. The summed E-state index contributed by atoms with van der Waals surface area (Å²) in [7, 11) is 1.58. The summed E-state index contributed by atoms with van der Waals surface area (Å²) in [4.78, 5) is 19.4. The Morgan fingerprint density at radius 1 is 1.25 bits per heavy atom. The first-order chi connectivity index (χ1) is 7.81. The van der Waals surface area contributed by atoms with Gasteiger partial charge in [0, 0.05) is 31.2 Å². The molecule has 0 saturated heterocycles. The van der Waals surface area contributed by atoms with E-state index < -0.39 is 0 Å². The van der Waals surface area contributed by atoms with E-state index in [4.69, 9.17) is 0 Å². The molecule has 0 fully saturated rings. The smallest absolute Gasteiger partial charge is 0.269 e. The molecule has 4 heteroatoms. The molecule has 0 aliphatic rings. The molecule has 2 rings (SSSR count). The van der Waals surface area contributed by atoms with Crippen LogP contribution < -0.4 is 5.32 Å². The normalized spacial score (nSPS) is 9.81. The molecule has 80 valence electrons. The highest BCUT2D eigenvalue weighted by molar-refractivity contribution is 5.93. The molecule has 0 aromatic carbocycles. The molecule has 1 N–H and O–H groups in total. The average molecular weight is 213 g/mol. The summed E-state index contributed by atoms with van der Waals surface area (Å²) in [6, 6.07) is 7.39. The van der Waals surface area contributed by atoms with E-state index in [-0.39, 0.29) is 5.91 Å². The van der Waals surface area contributed by atoms with E-state index in [0.29, 0.717) is 5.69 Å². The van der Waals surface area contributed by atoms with Gasteiger partial charge in [-0.15, -0.1) is 0 Å². The van der Waals surface area contributed by atoms with Crippen molar-refractivity contribution < 1.29 is 4.79 Å². The third-order valence-corrected chi connectivity index (χ3v) is 2.21. The molecule has 1 amide bonds. The molecule has 2 heterocycles. The summed E-state index contributed by atoms with van der Waals surface area (Å²) in [6.45, 7) is 0. The van der Waals surface area contributed by atoms with E-state index in [1.54, 1.807) is 31.7 Å². The Bertz CT molecular complexity index is 497. The van der Waals surface area contributed by atoms with Gasteiger partial charge in [-0.2, -0.15) is 0 Å². The molecule has 0 aliphatic carbocycles. The Hall–Kier alpha value is -2.23. The second-order valence-electron chi connectivity index (χ2n) is 3.25. The van der Waals surface area contributed by atoms with Gasteiger partial charge in [0.05, 0.1) is 0 Å². The molecule has 0 unspecified atom stereocenters. The fourth-order valence-electron chi connectivity index (χ4n) is 1.40. The zero-order chi connectivity index (χ0) is 11.4. The Kier molecular flexibility index (Phi) is 2.91. The second kappa shape index (κ2) is 4.53. The van der Waals surface area contributed by atoms with E-state index in [1.807, 2.05) is 18.2 Å². The molecule has 0 atom stereocenters. The lowest BCUT2D eigenvalue weighted by molar-refractivity contribution is 0.0958. The van der Waals surface area contributed by atoms with E-state index in [9.17, 15) is 4.79 Å². The summed E-state index contributed by atoms with van der Waals surface area (Å²) in [5.74, 6) is -0.189. The monoisotopic (exact) mass is 213 g/mol. The van der Waals surface area contributed by atoms with Crippen molar-refractivity contribution in [2.24, 2.45) is 0 Å². The number of hydrogen-bond acceptors (Lipinski definition) is 3. The molecule has 0 saturated carbocycles. The Labute approximate surface area is 93.4 Å². The molecule has 0 spiro atoms. The summed E-state index contributed by atoms with van der Waals surface area (Å²) in [6.07, 6.45) is 5.08. The lowest BCUT2D eigenvalue weighted by Gasteiger charge is -2.03. The van der Waals surface area contributed by atoms with Gasteiger partial charge in [-0.25, -0.2) is 0 Å². The average Bonchev–Trinajstić information content (AvgIpc) is 2.39. The minimum absolute atomic E-state index is 0.189. The van der Waals surface area contributed by atoms with Crippen LogP contribution in [0, 0.1) is 0 Å². The van der Waals surface area contributed by atoms with Gasteiger partial charge in [-0.05, 0) is 23.8 Å². The minimum Gasteiger partial charge on any atom is -0.354 e. The highest BCUT2D eigenvalue weighted by Gasteiger charge is 2.06. The fourth-order valence-corrected chi connectivity index (χ4v) is 1.40. The number of amides is 1. The van der Waals surface area contributed by atoms with Gasteiger partial charge in [0.2, 0.25) is 0 Å². The highest BCUT2D eigenvalue weighted by atomic mass is 16.1. The predicted octanol–water partition coefficient (Wildman–Crippen LogP) is 1.50. The molecule has 2 aromatic heterocycles. The summed E-state index contributed by atoms with van der Waals surface area (Å²) >= 11 is 0. The van der Waals surface area contributed by atoms with Crippen LogP contribution in [-0.2, 0) is 0 Å². The summed E-state index contributed by atoms with van der Waals surface area (Å²) < 4.78 is 0. The van der Waals surface area contributed by atoms with Gasteiger partial charge in [-0.3, -0.25) is 14.8 Å². The fraction of sp³-hybridized carbons (Fsp3) is 0.0833. The van der Waals surface area contributed by atoms with Crippen LogP contribution in [0.2, 0.25) is 0 Å². The first-order valence-electron chi connectivity index (χ1n) is 4.90. The van der Waals surface area contributed by atoms with Crippen LogP contribution in [0.3, 0.4) is 0 Å². The van der Waals surface area contributed by atoms with E-state index >= 15 is 0 Å². The van der Waals surface area contributed by atoms with E-state index in [2.05, 4.69) is 15.3 Å². The molecule has 2 aromatic rings. The second-order valence-corrected chi connectivity index (χ2v) is 3.25. The number of pyridine rings is 2. The number of carbonyl (C=O) groups excluding carboxylic acids is 1. The third-order valence-electron chi connectivity index (χ3n) is 2.21. The standard InChI is InChI=1S/C12H11N3O/c1-13-12(16)11-7-9(4-6-15-11)10-3-2-5-14-8-10/h2-8H,1H3,(H,13,16). The highest BCUT2D eigenvalue weighted by Crippen LogP contribution is 2.17.